The molecule has 1 saturated heterocycles. The van der Waals surface area contributed by atoms with Gasteiger partial charge in [0.1, 0.15) is 12.1 Å². The largest absolute Gasteiger partial charge is 0.361 e. The maximum atomic E-state index is 13.4. The summed E-state index contributed by atoms with van der Waals surface area (Å²) >= 11 is 0. The average molecular weight is 413 g/mol. The summed E-state index contributed by atoms with van der Waals surface area (Å²) in [5.41, 5.74) is 2.74. The molecule has 8 nitrogen and oxygen atoms in total. The number of H-pyrrole nitrogens is 1. The van der Waals surface area contributed by atoms with Crippen LogP contribution in [0.25, 0.3) is 22.3 Å². The molecule has 1 unspecified atom stereocenters. The summed E-state index contributed by atoms with van der Waals surface area (Å²) < 4.78 is 5.37. The number of rotatable bonds is 3. The SMILES string of the molecule is O=C1NC2(CCCc3ccccc32)C(=O)N1Cc1nc(-c2ccc3cc[nH]c3c2)no1. The van der Waals surface area contributed by atoms with Crippen LogP contribution in [0.2, 0.25) is 0 Å². The third-order valence-corrected chi connectivity index (χ3v) is 6.23. The van der Waals surface area contributed by atoms with Crippen LogP contribution < -0.4 is 5.32 Å². The van der Waals surface area contributed by atoms with E-state index in [1.807, 2.05) is 54.7 Å². The molecular weight excluding hydrogens is 394 g/mol. The zero-order valence-corrected chi connectivity index (χ0v) is 16.6. The van der Waals surface area contributed by atoms with E-state index in [9.17, 15) is 9.59 Å². The van der Waals surface area contributed by atoms with Gasteiger partial charge >= 0.3 is 6.03 Å². The number of fused-ring (bicyclic) bond motifs is 3. The van der Waals surface area contributed by atoms with Crippen LogP contribution >= 0.6 is 0 Å². The zero-order chi connectivity index (χ0) is 21.0. The Morgan fingerprint density at radius 1 is 1.13 bits per heavy atom. The number of benzene rings is 2. The molecule has 2 aromatic carbocycles. The number of nitrogens with one attached hydrogen (secondary N) is 2. The normalized spacial score (nSPS) is 20.5. The molecule has 0 saturated carbocycles. The van der Waals surface area contributed by atoms with Crippen molar-refractivity contribution in [1.82, 2.24) is 25.3 Å². The Balaban J connectivity index is 1.29. The van der Waals surface area contributed by atoms with E-state index in [0.29, 0.717) is 12.2 Å². The highest BCUT2D eigenvalue weighted by Gasteiger charge is 2.54. The summed E-state index contributed by atoms with van der Waals surface area (Å²) in [5.74, 6) is 0.361. The summed E-state index contributed by atoms with van der Waals surface area (Å²) in [6.45, 7) is -0.0632. The van der Waals surface area contributed by atoms with Gasteiger partial charge in [-0.15, -0.1) is 0 Å². The second-order valence-electron chi connectivity index (χ2n) is 8.03. The number of aromatic amines is 1. The average Bonchev–Trinajstić information content (AvgIpc) is 3.50. The van der Waals surface area contributed by atoms with E-state index in [0.717, 1.165) is 40.4 Å². The highest BCUT2D eigenvalue weighted by atomic mass is 16.5. The fraction of sp³-hybridized carbons (Fsp3) is 0.217. The molecule has 2 N–H and O–H groups in total. The number of hydrogen-bond acceptors (Lipinski definition) is 5. The minimum absolute atomic E-state index is 0.0632. The van der Waals surface area contributed by atoms with Crippen molar-refractivity contribution in [3.8, 4) is 11.4 Å². The molecule has 3 heterocycles. The number of aryl methyl sites for hydroxylation is 1. The minimum Gasteiger partial charge on any atom is -0.361 e. The molecule has 154 valence electrons. The number of hydrogen-bond donors (Lipinski definition) is 2. The maximum Gasteiger partial charge on any atom is 0.325 e. The summed E-state index contributed by atoms with van der Waals surface area (Å²) in [6, 6.07) is 15.2. The minimum atomic E-state index is -1.01. The second-order valence-corrected chi connectivity index (χ2v) is 8.03. The van der Waals surface area contributed by atoms with Crippen LogP contribution in [0.3, 0.4) is 0 Å². The number of nitrogens with zero attached hydrogens (tertiary/aromatic N) is 3. The van der Waals surface area contributed by atoms with Gasteiger partial charge < -0.3 is 14.8 Å². The Morgan fingerprint density at radius 2 is 2.03 bits per heavy atom. The van der Waals surface area contributed by atoms with Crippen LogP contribution in [0, 0.1) is 0 Å². The first-order valence-electron chi connectivity index (χ1n) is 10.3. The fourth-order valence-electron chi connectivity index (χ4n) is 4.71. The molecule has 31 heavy (non-hydrogen) atoms. The van der Waals surface area contributed by atoms with Gasteiger partial charge in [0.25, 0.3) is 5.91 Å². The molecule has 0 bridgehead atoms. The van der Waals surface area contributed by atoms with Crippen LogP contribution in [0.15, 0.2) is 59.3 Å². The number of urea groups is 1. The molecular formula is C23H19N5O3. The molecule has 1 fully saturated rings. The smallest absolute Gasteiger partial charge is 0.325 e. The van der Waals surface area contributed by atoms with Gasteiger partial charge in [-0.3, -0.25) is 9.69 Å². The first-order chi connectivity index (χ1) is 15.1. The third kappa shape index (κ3) is 2.68. The molecule has 0 radical (unpaired) electrons. The van der Waals surface area contributed by atoms with Crippen molar-refractivity contribution in [2.75, 3.05) is 0 Å². The van der Waals surface area contributed by atoms with Gasteiger partial charge in [0.05, 0.1) is 0 Å². The number of carbonyl (C=O) groups is 2. The van der Waals surface area contributed by atoms with Crippen molar-refractivity contribution in [2.45, 2.75) is 31.3 Å². The van der Waals surface area contributed by atoms with Crippen LogP contribution in [-0.2, 0) is 23.3 Å². The Morgan fingerprint density at radius 3 is 2.97 bits per heavy atom. The van der Waals surface area contributed by atoms with Crippen molar-refractivity contribution >= 4 is 22.8 Å². The van der Waals surface area contributed by atoms with Gasteiger partial charge in [-0.25, -0.2) is 4.79 Å². The third-order valence-electron chi connectivity index (χ3n) is 6.23. The molecule has 1 aliphatic carbocycles. The Kier molecular flexibility index (Phi) is 3.77. The predicted octanol–water partition coefficient (Wildman–Crippen LogP) is 3.50. The van der Waals surface area contributed by atoms with Crippen molar-refractivity contribution in [3.05, 3.63) is 71.7 Å². The highest BCUT2D eigenvalue weighted by Crippen LogP contribution is 2.40. The predicted molar refractivity (Wildman–Crippen MR) is 112 cm³/mol. The van der Waals surface area contributed by atoms with E-state index in [1.54, 1.807) is 0 Å². The lowest BCUT2D eigenvalue weighted by molar-refractivity contribution is -0.132. The molecule has 4 aromatic rings. The molecule has 2 aliphatic rings. The molecule has 8 heteroatoms. The zero-order valence-electron chi connectivity index (χ0n) is 16.6. The van der Waals surface area contributed by atoms with E-state index in [4.69, 9.17) is 4.52 Å². The lowest BCUT2D eigenvalue weighted by atomic mass is 9.76. The fourth-order valence-corrected chi connectivity index (χ4v) is 4.71. The van der Waals surface area contributed by atoms with Crippen LogP contribution in [-0.4, -0.2) is 32.0 Å². The van der Waals surface area contributed by atoms with Crippen LogP contribution in [0.4, 0.5) is 4.79 Å². The van der Waals surface area contributed by atoms with Gasteiger partial charge in [0.2, 0.25) is 11.7 Å². The summed E-state index contributed by atoms with van der Waals surface area (Å²) in [6.07, 6.45) is 4.19. The van der Waals surface area contributed by atoms with Gasteiger partial charge in [0, 0.05) is 17.3 Å². The topological polar surface area (TPSA) is 104 Å². The Bertz CT molecular complexity index is 1340. The van der Waals surface area contributed by atoms with Gasteiger partial charge in [-0.1, -0.05) is 41.6 Å². The molecule has 3 amide bonds. The molecule has 1 atom stereocenters. The van der Waals surface area contributed by atoms with E-state index >= 15 is 0 Å². The first kappa shape index (κ1) is 17.9. The number of amides is 3. The lowest BCUT2D eigenvalue weighted by Gasteiger charge is -2.33. The molecule has 2 aromatic heterocycles. The monoisotopic (exact) mass is 413 g/mol. The second kappa shape index (κ2) is 6.53. The molecule has 1 aliphatic heterocycles. The Labute approximate surface area is 177 Å². The van der Waals surface area contributed by atoms with Crippen molar-refractivity contribution in [3.63, 3.8) is 0 Å². The molecule has 1 spiro atoms. The maximum absolute atomic E-state index is 13.4. The van der Waals surface area contributed by atoms with Gasteiger partial charge in [-0.2, -0.15) is 4.98 Å². The first-order valence-corrected chi connectivity index (χ1v) is 10.3. The number of imide groups is 1. The van der Waals surface area contributed by atoms with Crippen LogP contribution in [0.1, 0.15) is 29.9 Å². The quantitative estimate of drug-likeness (QED) is 0.500. The summed E-state index contributed by atoms with van der Waals surface area (Å²) in [7, 11) is 0. The standard InChI is InChI=1S/C23H19N5O3/c29-21-23(10-3-5-14-4-1-2-6-17(14)23)26-22(30)28(21)13-19-25-20(27-31-19)16-8-7-15-9-11-24-18(15)12-16/h1-2,4,6-9,11-12,24H,3,5,10,13H2,(H,26,30). The Hall–Kier alpha value is -3.94. The number of aromatic nitrogens is 3. The highest BCUT2D eigenvalue weighted by molar-refractivity contribution is 6.07. The van der Waals surface area contributed by atoms with E-state index < -0.39 is 11.6 Å². The van der Waals surface area contributed by atoms with Crippen molar-refractivity contribution in [2.24, 2.45) is 0 Å². The van der Waals surface area contributed by atoms with Crippen molar-refractivity contribution in [1.29, 1.82) is 0 Å². The van der Waals surface area contributed by atoms with Gasteiger partial charge in [-0.05, 0) is 47.9 Å². The summed E-state index contributed by atoms with van der Waals surface area (Å²) in [4.78, 5) is 34.9. The van der Waals surface area contributed by atoms with E-state index in [-0.39, 0.29) is 18.3 Å². The lowest BCUT2D eigenvalue weighted by Crippen LogP contribution is -2.46. The summed E-state index contributed by atoms with van der Waals surface area (Å²) in [5, 5.41) is 8.07. The van der Waals surface area contributed by atoms with Crippen molar-refractivity contribution < 1.29 is 14.1 Å². The van der Waals surface area contributed by atoms with Gasteiger partial charge in [0.15, 0.2) is 0 Å². The van der Waals surface area contributed by atoms with E-state index in [2.05, 4.69) is 20.4 Å². The molecule has 6 rings (SSSR count). The number of carbonyl (C=O) groups excluding carboxylic acids is 2. The van der Waals surface area contributed by atoms with E-state index in [1.165, 1.54) is 4.90 Å². The van der Waals surface area contributed by atoms with Crippen LogP contribution in [0.5, 0.6) is 0 Å².